The van der Waals surface area contributed by atoms with Crippen molar-refractivity contribution in [3.63, 3.8) is 0 Å². The van der Waals surface area contributed by atoms with Gasteiger partial charge < -0.3 is 0 Å². The molecule has 4 bridgehead atoms. The molecule has 0 unspecified atom stereocenters. The van der Waals surface area contributed by atoms with Gasteiger partial charge in [0.2, 0.25) is 23.6 Å². The molecule has 2 aliphatic heterocycles. The molecule has 2 saturated heterocycles. The molecule has 1 aromatic heterocycles. The summed E-state index contributed by atoms with van der Waals surface area (Å²) in [5.41, 5.74) is 0. The summed E-state index contributed by atoms with van der Waals surface area (Å²) in [6.45, 7) is 0. The number of aromatic nitrogens is 1. The van der Waals surface area contributed by atoms with Crippen molar-refractivity contribution >= 4 is 35.3 Å². The Morgan fingerprint density at radius 3 is 1.27 bits per heavy atom. The van der Waals surface area contributed by atoms with Crippen LogP contribution >= 0.6 is 0 Å². The quantitative estimate of drug-likeness (QED) is 0.556. The highest BCUT2D eigenvalue weighted by Crippen LogP contribution is 2.54. The second-order valence-corrected chi connectivity index (χ2v) is 9.38. The molecule has 4 amide bonds. The van der Waals surface area contributed by atoms with Crippen molar-refractivity contribution in [3.8, 4) is 0 Å². The minimum absolute atomic E-state index is 0.119. The lowest BCUT2D eigenvalue weighted by Gasteiger charge is -2.20. The van der Waals surface area contributed by atoms with Gasteiger partial charge in [-0.1, -0.05) is 30.4 Å². The number of carbonyl (C=O) groups is 4. The molecule has 1 aromatic rings. The number of pyridine rings is 1. The van der Waals surface area contributed by atoms with Crippen molar-refractivity contribution in [2.24, 2.45) is 47.3 Å². The predicted molar refractivity (Wildman–Crippen MR) is 105 cm³/mol. The first-order valence-electron chi connectivity index (χ1n) is 10.6. The largest absolute Gasteiger partial charge is 0.274 e. The van der Waals surface area contributed by atoms with Gasteiger partial charge in [0, 0.05) is 0 Å². The zero-order chi connectivity index (χ0) is 20.3. The number of hydrogen-bond acceptors (Lipinski definition) is 5. The first-order chi connectivity index (χ1) is 14.5. The van der Waals surface area contributed by atoms with Crippen molar-refractivity contribution < 1.29 is 19.2 Å². The van der Waals surface area contributed by atoms with E-state index in [1.54, 1.807) is 18.2 Å². The molecule has 150 valence electrons. The number of imide groups is 2. The van der Waals surface area contributed by atoms with Gasteiger partial charge in [-0.2, -0.15) is 0 Å². The maximum absolute atomic E-state index is 13.1. The standard InChI is InChI=1S/C23H19N3O4/c27-20-16-10-4-5-11(8-10)17(16)21(28)25(20)14-2-1-3-15(24-14)26-22(29)18-12-6-7-13(9-12)19(18)23(26)30/h1-7,10-13,16-19H,8-9H2/t10-,11+,12-,13+,16-,17+,18-,19+. The average Bonchev–Trinajstić information content (AvgIpc) is 3.55. The number of rotatable bonds is 2. The van der Waals surface area contributed by atoms with Gasteiger partial charge in [-0.25, -0.2) is 14.8 Å². The maximum atomic E-state index is 13.1. The molecule has 0 N–H and O–H groups in total. The van der Waals surface area contributed by atoms with Crippen molar-refractivity contribution in [1.82, 2.24) is 4.98 Å². The zero-order valence-electron chi connectivity index (χ0n) is 16.0. The van der Waals surface area contributed by atoms with Crippen LogP contribution in [-0.2, 0) is 19.2 Å². The molecule has 4 aliphatic carbocycles. The first-order valence-corrected chi connectivity index (χ1v) is 10.6. The lowest BCUT2D eigenvalue weighted by atomic mass is 9.85. The highest BCUT2D eigenvalue weighted by Gasteiger charge is 2.61. The molecule has 4 fully saturated rings. The van der Waals surface area contributed by atoms with Gasteiger partial charge >= 0.3 is 0 Å². The van der Waals surface area contributed by atoms with Crippen molar-refractivity contribution in [2.45, 2.75) is 12.8 Å². The molecule has 30 heavy (non-hydrogen) atoms. The summed E-state index contributed by atoms with van der Waals surface area (Å²) in [6, 6.07) is 4.86. The van der Waals surface area contributed by atoms with E-state index in [1.165, 1.54) is 9.80 Å². The Bertz CT molecular complexity index is 980. The Balaban J connectivity index is 1.24. The van der Waals surface area contributed by atoms with E-state index in [9.17, 15) is 19.2 Å². The van der Waals surface area contributed by atoms with Crippen LogP contribution in [0.3, 0.4) is 0 Å². The minimum Gasteiger partial charge on any atom is -0.274 e. The summed E-state index contributed by atoms with van der Waals surface area (Å²) in [6.07, 6.45) is 9.92. The van der Waals surface area contributed by atoms with Crippen molar-refractivity contribution in [3.05, 3.63) is 42.5 Å². The van der Waals surface area contributed by atoms with E-state index < -0.39 is 0 Å². The smallest absolute Gasteiger partial charge is 0.239 e. The molecule has 7 nitrogen and oxygen atoms in total. The molecule has 7 heteroatoms. The Morgan fingerprint density at radius 1 is 0.600 bits per heavy atom. The third-order valence-electron chi connectivity index (χ3n) is 8.12. The van der Waals surface area contributed by atoms with E-state index in [-0.39, 0.29) is 82.6 Å². The van der Waals surface area contributed by atoms with E-state index in [0.717, 1.165) is 12.8 Å². The maximum Gasteiger partial charge on any atom is 0.239 e. The molecule has 2 saturated carbocycles. The topological polar surface area (TPSA) is 87.7 Å². The van der Waals surface area contributed by atoms with Gasteiger partial charge in [-0.3, -0.25) is 19.2 Å². The molecule has 6 aliphatic rings. The van der Waals surface area contributed by atoms with Crippen LogP contribution in [-0.4, -0.2) is 28.6 Å². The lowest BCUT2D eigenvalue weighted by Crippen LogP contribution is -2.36. The number of allylic oxidation sites excluding steroid dienone is 4. The number of amides is 4. The number of anilines is 2. The first kappa shape index (κ1) is 16.7. The van der Waals surface area contributed by atoms with Gasteiger partial charge in [0.05, 0.1) is 23.7 Å². The number of nitrogens with zero attached hydrogens (tertiary/aromatic N) is 3. The number of fused-ring (bicyclic) bond motifs is 10. The van der Waals surface area contributed by atoms with Gasteiger partial charge in [0.1, 0.15) is 11.6 Å². The second-order valence-electron chi connectivity index (χ2n) is 9.38. The van der Waals surface area contributed by atoms with Crippen LogP contribution in [0.15, 0.2) is 42.5 Å². The van der Waals surface area contributed by atoms with E-state index in [4.69, 9.17) is 0 Å². The summed E-state index contributed by atoms with van der Waals surface area (Å²) in [5.74, 6) is -1.23. The third-order valence-corrected chi connectivity index (χ3v) is 8.12. The molecule has 0 spiro atoms. The van der Waals surface area contributed by atoms with E-state index in [1.807, 2.05) is 24.3 Å². The molecular weight excluding hydrogens is 382 g/mol. The second kappa shape index (κ2) is 5.33. The summed E-state index contributed by atoms with van der Waals surface area (Å²) >= 11 is 0. The van der Waals surface area contributed by atoms with E-state index in [0.29, 0.717) is 0 Å². The SMILES string of the molecule is O=C1[C@@H]2[C@H](C(=O)N1c1cccc(N3C(=O)[C@@H]4[C@H](C3=O)[C@@H]3C=C[C@H]4C3)n1)[C@@H]1C=C[C@H]2C1. The number of hydrogen-bond donors (Lipinski definition) is 0. The van der Waals surface area contributed by atoms with Crippen LogP contribution in [0.2, 0.25) is 0 Å². The highest BCUT2D eigenvalue weighted by atomic mass is 16.2. The monoisotopic (exact) mass is 401 g/mol. The van der Waals surface area contributed by atoms with Gasteiger partial charge in [0.25, 0.3) is 0 Å². The molecule has 3 heterocycles. The van der Waals surface area contributed by atoms with E-state index >= 15 is 0 Å². The van der Waals surface area contributed by atoms with Crippen LogP contribution < -0.4 is 9.80 Å². The summed E-state index contributed by atoms with van der Waals surface area (Å²) < 4.78 is 0. The summed E-state index contributed by atoms with van der Waals surface area (Å²) in [7, 11) is 0. The Morgan fingerprint density at radius 2 is 0.933 bits per heavy atom. The fraction of sp³-hybridized carbons (Fsp3) is 0.435. The van der Waals surface area contributed by atoms with Crippen molar-refractivity contribution in [1.29, 1.82) is 0 Å². The zero-order valence-corrected chi connectivity index (χ0v) is 16.0. The van der Waals surface area contributed by atoms with Crippen LogP contribution in [0.5, 0.6) is 0 Å². The summed E-state index contributed by atoms with van der Waals surface area (Å²) in [5, 5.41) is 0. The molecule has 0 radical (unpaired) electrons. The van der Waals surface area contributed by atoms with Gasteiger partial charge in [-0.15, -0.1) is 0 Å². The van der Waals surface area contributed by atoms with Crippen LogP contribution in [0.25, 0.3) is 0 Å². The molecule has 0 aromatic carbocycles. The van der Waals surface area contributed by atoms with Crippen LogP contribution in [0, 0.1) is 47.3 Å². The fourth-order valence-corrected chi connectivity index (χ4v) is 6.92. The minimum atomic E-state index is -0.311. The summed E-state index contributed by atoms with van der Waals surface area (Å²) in [4.78, 5) is 59.1. The average molecular weight is 401 g/mol. The van der Waals surface area contributed by atoms with E-state index in [2.05, 4.69) is 4.98 Å². The molecule has 7 rings (SSSR count). The third kappa shape index (κ3) is 1.80. The fourth-order valence-electron chi connectivity index (χ4n) is 6.92. The Kier molecular flexibility index (Phi) is 2.96. The predicted octanol–water partition coefficient (Wildman–Crippen LogP) is 1.70. The Labute approximate surface area is 172 Å². The molecular formula is C23H19N3O4. The van der Waals surface area contributed by atoms with Gasteiger partial charge in [-0.05, 0) is 48.6 Å². The highest BCUT2D eigenvalue weighted by molar-refractivity contribution is 6.24. The van der Waals surface area contributed by atoms with Gasteiger partial charge in [0.15, 0.2) is 0 Å². The van der Waals surface area contributed by atoms with Crippen LogP contribution in [0.1, 0.15) is 12.8 Å². The lowest BCUT2D eigenvalue weighted by molar-refractivity contribution is -0.124. The Hall–Kier alpha value is -3.09. The van der Waals surface area contributed by atoms with Crippen molar-refractivity contribution in [2.75, 3.05) is 9.80 Å². The molecule has 8 atom stereocenters. The normalized spacial score (nSPS) is 42.3. The van der Waals surface area contributed by atoms with Crippen LogP contribution in [0.4, 0.5) is 11.6 Å². The number of carbonyl (C=O) groups excluding carboxylic acids is 4.